The summed E-state index contributed by atoms with van der Waals surface area (Å²) in [5.41, 5.74) is 0. The molecule has 5 heteroatoms. The fraction of sp³-hybridized carbons (Fsp3) is 0.500. The van der Waals surface area contributed by atoms with Gasteiger partial charge >= 0.3 is 0 Å². The second kappa shape index (κ2) is 5.18. The molecule has 0 atom stereocenters. The lowest BCUT2D eigenvalue weighted by Gasteiger charge is -2.27. The minimum Gasteiger partial charge on any atom is -0.756 e. The van der Waals surface area contributed by atoms with Gasteiger partial charge in [0.15, 0.2) is 0 Å². The number of nitrogens with zero attached hydrogens (tertiary/aromatic N) is 1. The highest BCUT2D eigenvalue weighted by atomic mass is 32.1. The zero-order chi connectivity index (χ0) is 9.68. The van der Waals surface area contributed by atoms with E-state index >= 15 is 0 Å². The Morgan fingerprint density at radius 3 is 2.77 bits per heavy atom. The number of thiophene rings is 1. The third kappa shape index (κ3) is 2.96. The SMILES string of the molecule is COCc1ccc(N([O-])COC)s1. The highest BCUT2D eigenvalue weighted by Gasteiger charge is 2.00. The molecule has 0 unspecified atom stereocenters. The van der Waals surface area contributed by atoms with E-state index in [1.54, 1.807) is 13.2 Å². The van der Waals surface area contributed by atoms with Crippen molar-refractivity contribution < 1.29 is 9.47 Å². The lowest BCUT2D eigenvalue weighted by molar-refractivity contribution is 0.187. The molecule has 0 saturated carbocycles. The van der Waals surface area contributed by atoms with Crippen LogP contribution in [-0.4, -0.2) is 21.0 Å². The number of hydroxylamine groups is 1. The van der Waals surface area contributed by atoms with E-state index in [2.05, 4.69) is 0 Å². The molecule has 1 heterocycles. The van der Waals surface area contributed by atoms with Crippen molar-refractivity contribution >= 4 is 16.3 Å². The molecule has 0 fully saturated rings. The van der Waals surface area contributed by atoms with Crippen LogP contribution in [0.1, 0.15) is 4.88 Å². The fourth-order valence-corrected chi connectivity index (χ4v) is 1.77. The van der Waals surface area contributed by atoms with Crippen molar-refractivity contribution in [3.8, 4) is 0 Å². The molecule has 0 bridgehead atoms. The Labute approximate surface area is 81.3 Å². The number of hydrogen-bond acceptors (Lipinski definition) is 5. The monoisotopic (exact) mass is 202 g/mol. The van der Waals surface area contributed by atoms with Crippen molar-refractivity contribution in [1.82, 2.24) is 0 Å². The molecule has 0 saturated heterocycles. The molecular weight excluding hydrogens is 190 g/mol. The summed E-state index contributed by atoms with van der Waals surface area (Å²) < 4.78 is 9.66. The van der Waals surface area contributed by atoms with Crippen LogP contribution in [-0.2, 0) is 16.1 Å². The highest BCUT2D eigenvalue weighted by Crippen LogP contribution is 2.25. The predicted molar refractivity (Wildman–Crippen MR) is 52.8 cm³/mol. The maximum atomic E-state index is 11.2. The van der Waals surface area contributed by atoms with E-state index in [0.717, 1.165) is 9.94 Å². The van der Waals surface area contributed by atoms with Gasteiger partial charge in [0.1, 0.15) is 6.73 Å². The van der Waals surface area contributed by atoms with Gasteiger partial charge in [-0.05, 0) is 12.1 Å². The Hall–Kier alpha value is -0.620. The lowest BCUT2D eigenvalue weighted by Crippen LogP contribution is -2.15. The van der Waals surface area contributed by atoms with Gasteiger partial charge in [0.25, 0.3) is 0 Å². The number of rotatable bonds is 5. The number of anilines is 1. The smallest absolute Gasteiger partial charge is 0.109 e. The van der Waals surface area contributed by atoms with Crippen LogP contribution in [0.5, 0.6) is 0 Å². The first kappa shape index (κ1) is 10.5. The molecule has 0 aromatic carbocycles. The molecular formula is C8H12NO3S-. The molecule has 13 heavy (non-hydrogen) atoms. The predicted octanol–water partition coefficient (Wildman–Crippen LogP) is 1.80. The minimum atomic E-state index is 0.0624. The highest BCUT2D eigenvalue weighted by molar-refractivity contribution is 7.16. The molecule has 74 valence electrons. The summed E-state index contributed by atoms with van der Waals surface area (Å²) in [5.74, 6) is 0. The summed E-state index contributed by atoms with van der Waals surface area (Å²) in [4.78, 5) is 1.04. The number of ether oxygens (including phenoxy) is 2. The standard InChI is InChI=1S/C8H12NO3S/c1-11-5-7-3-4-8(13-7)9(10)6-12-2/h3-4H,5-6H2,1-2H3/q-1. The van der Waals surface area contributed by atoms with E-state index in [-0.39, 0.29) is 6.73 Å². The molecule has 0 radical (unpaired) electrons. The molecule has 1 aromatic heterocycles. The van der Waals surface area contributed by atoms with Crippen molar-refractivity contribution in [1.29, 1.82) is 0 Å². The normalized spacial score (nSPS) is 10.4. The van der Waals surface area contributed by atoms with Gasteiger partial charge in [0, 0.05) is 19.1 Å². The van der Waals surface area contributed by atoms with E-state index in [9.17, 15) is 5.21 Å². The van der Waals surface area contributed by atoms with Gasteiger partial charge in [0.2, 0.25) is 0 Å². The first-order valence-electron chi connectivity index (χ1n) is 3.79. The van der Waals surface area contributed by atoms with Gasteiger partial charge in [-0.25, -0.2) is 0 Å². The molecule has 0 N–H and O–H groups in total. The summed E-state index contributed by atoms with van der Waals surface area (Å²) in [5, 5.41) is 12.7. The zero-order valence-corrected chi connectivity index (χ0v) is 8.47. The summed E-state index contributed by atoms with van der Waals surface area (Å²) in [6, 6.07) is 3.65. The number of hydrogen-bond donors (Lipinski definition) is 0. The van der Waals surface area contributed by atoms with Gasteiger partial charge < -0.3 is 19.7 Å². The quantitative estimate of drug-likeness (QED) is 0.539. The summed E-state index contributed by atoms with van der Waals surface area (Å²) in [6.45, 7) is 0.610. The maximum absolute atomic E-state index is 11.2. The largest absolute Gasteiger partial charge is 0.756 e. The van der Waals surface area contributed by atoms with Crippen molar-refractivity contribution in [2.75, 3.05) is 26.0 Å². The molecule has 0 amide bonds. The van der Waals surface area contributed by atoms with Gasteiger partial charge in [0.05, 0.1) is 11.6 Å². The molecule has 1 aromatic rings. The van der Waals surface area contributed by atoms with E-state index in [0.29, 0.717) is 11.6 Å². The second-order valence-electron chi connectivity index (χ2n) is 2.47. The van der Waals surface area contributed by atoms with Crippen LogP contribution in [0.4, 0.5) is 5.00 Å². The lowest BCUT2D eigenvalue weighted by atomic mass is 10.5. The maximum Gasteiger partial charge on any atom is 0.109 e. The molecule has 4 nitrogen and oxygen atoms in total. The van der Waals surface area contributed by atoms with Crippen LogP contribution in [0.25, 0.3) is 0 Å². The summed E-state index contributed by atoms with van der Waals surface area (Å²) in [7, 11) is 3.12. The van der Waals surface area contributed by atoms with Crippen molar-refractivity contribution in [2.24, 2.45) is 0 Å². The molecule has 0 aliphatic rings. The summed E-state index contributed by atoms with van der Waals surface area (Å²) >= 11 is 1.41. The first-order chi connectivity index (χ1) is 6.27. The van der Waals surface area contributed by atoms with Gasteiger partial charge in [-0.3, -0.25) is 0 Å². The average Bonchev–Trinajstić information content (AvgIpc) is 2.54. The van der Waals surface area contributed by atoms with Crippen LogP contribution in [0.2, 0.25) is 0 Å². The molecule has 0 aliphatic carbocycles. The minimum absolute atomic E-state index is 0.0624. The molecule has 1 rings (SSSR count). The van der Waals surface area contributed by atoms with Gasteiger partial charge in [-0.1, -0.05) is 0 Å². The third-order valence-electron chi connectivity index (χ3n) is 1.43. The molecule has 0 spiro atoms. The topological polar surface area (TPSA) is 44.8 Å². The van der Waals surface area contributed by atoms with Gasteiger partial charge in [-0.15, -0.1) is 11.3 Å². The van der Waals surface area contributed by atoms with Crippen LogP contribution < -0.4 is 5.06 Å². The second-order valence-corrected chi connectivity index (χ2v) is 3.62. The van der Waals surface area contributed by atoms with E-state index in [1.165, 1.54) is 18.4 Å². The van der Waals surface area contributed by atoms with Crippen molar-refractivity contribution in [3.05, 3.63) is 22.2 Å². The third-order valence-corrected chi connectivity index (χ3v) is 2.49. The van der Waals surface area contributed by atoms with E-state index in [1.807, 2.05) is 6.07 Å². The fourth-order valence-electron chi connectivity index (χ4n) is 0.901. The van der Waals surface area contributed by atoms with Crippen molar-refractivity contribution in [2.45, 2.75) is 6.61 Å². The van der Waals surface area contributed by atoms with E-state index in [4.69, 9.17) is 9.47 Å². The summed E-state index contributed by atoms with van der Waals surface area (Å²) in [6.07, 6.45) is 0. The van der Waals surface area contributed by atoms with Crippen molar-refractivity contribution in [3.63, 3.8) is 0 Å². The first-order valence-corrected chi connectivity index (χ1v) is 4.61. The van der Waals surface area contributed by atoms with E-state index < -0.39 is 0 Å². The Bertz CT molecular complexity index is 251. The molecule has 0 aliphatic heterocycles. The zero-order valence-electron chi connectivity index (χ0n) is 7.65. The average molecular weight is 202 g/mol. The Morgan fingerprint density at radius 2 is 2.15 bits per heavy atom. The number of methoxy groups -OCH3 is 2. The Kier molecular flexibility index (Phi) is 4.17. The van der Waals surface area contributed by atoms with Crippen LogP contribution >= 0.6 is 11.3 Å². The Morgan fingerprint density at radius 1 is 1.38 bits per heavy atom. The van der Waals surface area contributed by atoms with Crippen LogP contribution in [0, 0.1) is 5.21 Å². The van der Waals surface area contributed by atoms with Gasteiger partial charge in [-0.2, -0.15) is 0 Å². The van der Waals surface area contributed by atoms with Crippen LogP contribution in [0.3, 0.4) is 0 Å². The van der Waals surface area contributed by atoms with Crippen LogP contribution in [0.15, 0.2) is 12.1 Å². The Balaban J connectivity index is 2.56.